The molecule has 0 bridgehead atoms. The second-order valence-electron chi connectivity index (χ2n) is 3.47. The highest BCUT2D eigenvalue weighted by atomic mass is 32.2. The molecule has 1 saturated heterocycles. The summed E-state index contributed by atoms with van der Waals surface area (Å²) in [5, 5.41) is 2.35. The van der Waals surface area contributed by atoms with Gasteiger partial charge in [0.1, 0.15) is 4.99 Å². The summed E-state index contributed by atoms with van der Waals surface area (Å²) in [5.41, 5.74) is 1.25. The van der Waals surface area contributed by atoms with Crippen LogP contribution in [0.1, 0.15) is 15.9 Å². The standard InChI is InChI=1S/C12H9NO3S2/c1-16-11(14)8-4-2-3-7(5-8)6-9-10(17)13-12(15)18-9/h2-6H,1H3,(H,13,15,17)/b9-6-. The van der Waals surface area contributed by atoms with Gasteiger partial charge < -0.3 is 10.1 Å². The molecule has 1 aliphatic heterocycles. The van der Waals surface area contributed by atoms with Crippen LogP contribution in [0.4, 0.5) is 4.79 Å². The van der Waals surface area contributed by atoms with E-state index in [2.05, 4.69) is 10.1 Å². The summed E-state index contributed by atoms with van der Waals surface area (Å²) in [5.74, 6) is -0.397. The highest BCUT2D eigenvalue weighted by Gasteiger charge is 2.21. The number of hydrogen-bond acceptors (Lipinski definition) is 5. The van der Waals surface area contributed by atoms with Gasteiger partial charge in [-0.25, -0.2) is 4.79 Å². The third-order valence-electron chi connectivity index (χ3n) is 2.25. The van der Waals surface area contributed by atoms with E-state index in [1.165, 1.54) is 7.11 Å². The minimum Gasteiger partial charge on any atom is -0.465 e. The quantitative estimate of drug-likeness (QED) is 0.512. The minimum atomic E-state index is -0.397. The largest absolute Gasteiger partial charge is 0.465 e. The number of benzene rings is 1. The number of thiocarbonyl (C=S) groups is 1. The summed E-state index contributed by atoms with van der Waals surface area (Å²) in [6.45, 7) is 0. The molecule has 1 heterocycles. The monoisotopic (exact) mass is 279 g/mol. The lowest BCUT2D eigenvalue weighted by Gasteiger charge is -2.01. The zero-order chi connectivity index (χ0) is 13.1. The molecule has 0 radical (unpaired) electrons. The Kier molecular flexibility index (Phi) is 3.78. The first-order valence-corrected chi connectivity index (χ1v) is 6.26. The van der Waals surface area contributed by atoms with E-state index in [9.17, 15) is 9.59 Å². The van der Waals surface area contributed by atoms with Gasteiger partial charge in [-0.2, -0.15) is 0 Å². The van der Waals surface area contributed by atoms with Crippen LogP contribution < -0.4 is 5.32 Å². The molecular weight excluding hydrogens is 270 g/mol. The molecule has 0 aliphatic carbocycles. The van der Waals surface area contributed by atoms with Crippen molar-refractivity contribution in [2.75, 3.05) is 7.11 Å². The summed E-state index contributed by atoms with van der Waals surface area (Å²) in [6.07, 6.45) is 1.76. The number of thioether (sulfide) groups is 1. The van der Waals surface area contributed by atoms with Crippen LogP contribution in [0.3, 0.4) is 0 Å². The molecule has 0 spiro atoms. The van der Waals surface area contributed by atoms with Crippen LogP contribution in [0.25, 0.3) is 6.08 Å². The summed E-state index contributed by atoms with van der Waals surface area (Å²) in [6, 6.07) is 6.92. The molecule has 4 nitrogen and oxygen atoms in total. The highest BCUT2D eigenvalue weighted by molar-refractivity contribution is 8.19. The Morgan fingerprint density at radius 1 is 1.50 bits per heavy atom. The Morgan fingerprint density at radius 2 is 2.28 bits per heavy atom. The van der Waals surface area contributed by atoms with Crippen molar-refractivity contribution in [2.24, 2.45) is 0 Å². The number of ether oxygens (including phenoxy) is 1. The van der Waals surface area contributed by atoms with Crippen LogP contribution in [-0.4, -0.2) is 23.3 Å². The maximum atomic E-state index is 11.4. The predicted octanol–water partition coefficient (Wildman–Crippen LogP) is 2.60. The predicted molar refractivity (Wildman–Crippen MR) is 74.5 cm³/mol. The number of amides is 1. The third-order valence-corrected chi connectivity index (χ3v) is 3.53. The van der Waals surface area contributed by atoms with Crippen molar-refractivity contribution in [2.45, 2.75) is 0 Å². The number of rotatable bonds is 2. The first-order chi connectivity index (χ1) is 8.60. The Balaban J connectivity index is 2.30. The smallest absolute Gasteiger partial charge is 0.337 e. The first-order valence-electron chi connectivity index (χ1n) is 5.03. The molecule has 1 N–H and O–H groups in total. The zero-order valence-corrected chi connectivity index (χ0v) is 11.1. The van der Waals surface area contributed by atoms with Gasteiger partial charge in [-0.05, 0) is 35.5 Å². The average Bonchev–Trinajstić information content (AvgIpc) is 2.67. The van der Waals surface area contributed by atoms with Gasteiger partial charge >= 0.3 is 5.97 Å². The molecule has 0 aromatic heterocycles. The molecule has 1 aromatic rings. The number of nitrogens with one attached hydrogen (secondary N) is 1. The van der Waals surface area contributed by atoms with Gasteiger partial charge in [0, 0.05) is 0 Å². The minimum absolute atomic E-state index is 0.185. The van der Waals surface area contributed by atoms with Gasteiger partial charge in [0.15, 0.2) is 0 Å². The van der Waals surface area contributed by atoms with Gasteiger partial charge in [0.2, 0.25) is 0 Å². The normalized spacial score (nSPS) is 16.8. The van der Waals surface area contributed by atoms with E-state index in [4.69, 9.17) is 12.2 Å². The molecule has 1 aliphatic rings. The van der Waals surface area contributed by atoms with Crippen LogP contribution in [0, 0.1) is 0 Å². The SMILES string of the molecule is COC(=O)c1cccc(/C=C2\SC(=O)NC2=S)c1. The van der Waals surface area contributed by atoms with Crippen LogP contribution >= 0.6 is 24.0 Å². The Labute approximate surface area is 113 Å². The molecule has 2 rings (SSSR count). The maximum Gasteiger partial charge on any atom is 0.337 e. The van der Waals surface area contributed by atoms with Crippen molar-refractivity contribution >= 4 is 46.3 Å². The van der Waals surface area contributed by atoms with Gasteiger partial charge in [-0.15, -0.1) is 0 Å². The second-order valence-corrected chi connectivity index (χ2v) is 4.89. The van der Waals surface area contributed by atoms with Crippen molar-refractivity contribution in [1.82, 2.24) is 5.32 Å². The Hall–Kier alpha value is -1.66. The van der Waals surface area contributed by atoms with Crippen LogP contribution in [-0.2, 0) is 4.74 Å². The van der Waals surface area contributed by atoms with Gasteiger partial charge in [-0.1, -0.05) is 24.4 Å². The lowest BCUT2D eigenvalue weighted by molar-refractivity contribution is 0.0600. The van der Waals surface area contributed by atoms with Gasteiger partial charge in [0.05, 0.1) is 17.6 Å². The lowest BCUT2D eigenvalue weighted by atomic mass is 10.1. The van der Waals surface area contributed by atoms with Crippen molar-refractivity contribution in [3.63, 3.8) is 0 Å². The first kappa shape index (κ1) is 12.8. The molecule has 18 heavy (non-hydrogen) atoms. The third kappa shape index (κ3) is 2.77. The average molecular weight is 279 g/mol. The molecule has 1 aromatic carbocycles. The Bertz CT molecular complexity index is 566. The number of carbonyl (C=O) groups excluding carboxylic acids is 2. The Morgan fingerprint density at radius 3 is 2.89 bits per heavy atom. The maximum absolute atomic E-state index is 11.4. The van der Waals surface area contributed by atoms with E-state index in [1.807, 2.05) is 6.07 Å². The van der Waals surface area contributed by atoms with Crippen molar-refractivity contribution in [3.8, 4) is 0 Å². The molecular formula is C12H9NO3S2. The van der Waals surface area contributed by atoms with E-state index in [-0.39, 0.29) is 5.24 Å². The second kappa shape index (κ2) is 5.32. The number of carbonyl (C=O) groups is 2. The molecule has 0 saturated carbocycles. The van der Waals surface area contributed by atoms with Crippen molar-refractivity contribution < 1.29 is 14.3 Å². The van der Waals surface area contributed by atoms with Crippen LogP contribution in [0.15, 0.2) is 29.2 Å². The zero-order valence-electron chi connectivity index (χ0n) is 9.43. The highest BCUT2D eigenvalue weighted by Crippen LogP contribution is 2.26. The molecule has 6 heteroatoms. The molecule has 1 amide bonds. The van der Waals surface area contributed by atoms with E-state index >= 15 is 0 Å². The molecule has 0 unspecified atom stereocenters. The van der Waals surface area contributed by atoms with Crippen LogP contribution in [0.5, 0.6) is 0 Å². The van der Waals surface area contributed by atoms with Crippen molar-refractivity contribution in [3.05, 3.63) is 40.3 Å². The summed E-state index contributed by atoms with van der Waals surface area (Å²) < 4.78 is 4.64. The number of esters is 1. The molecule has 92 valence electrons. The topological polar surface area (TPSA) is 55.4 Å². The van der Waals surface area contributed by atoms with Gasteiger partial charge in [0.25, 0.3) is 5.24 Å². The number of methoxy groups -OCH3 is 1. The fraction of sp³-hybridized carbons (Fsp3) is 0.0833. The van der Waals surface area contributed by atoms with Crippen LogP contribution in [0.2, 0.25) is 0 Å². The summed E-state index contributed by atoms with van der Waals surface area (Å²) in [4.78, 5) is 23.6. The molecule has 0 atom stereocenters. The summed E-state index contributed by atoms with van der Waals surface area (Å²) in [7, 11) is 1.33. The summed E-state index contributed by atoms with van der Waals surface area (Å²) >= 11 is 6.05. The lowest BCUT2D eigenvalue weighted by Crippen LogP contribution is -2.15. The van der Waals surface area contributed by atoms with Crippen molar-refractivity contribution in [1.29, 1.82) is 0 Å². The van der Waals surface area contributed by atoms with E-state index < -0.39 is 5.97 Å². The van der Waals surface area contributed by atoms with E-state index in [0.29, 0.717) is 15.5 Å². The number of hydrogen-bond donors (Lipinski definition) is 1. The fourth-order valence-electron chi connectivity index (χ4n) is 1.45. The fourth-order valence-corrected chi connectivity index (χ4v) is 2.48. The van der Waals surface area contributed by atoms with Gasteiger partial charge in [-0.3, -0.25) is 4.79 Å². The molecule has 1 fully saturated rings. The van der Waals surface area contributed by atoms with E-state index in [1.54, 1.807) is 24.3 Å². The van der Waals surface area contributed by atoms with E-state index in [0.717, 1.165) is 17.3 Å².